The van der Waals surface area contributed by atoms with Gasteiger partial charge in [-0.3, -0.25) is 0 Å². The van der Waals surface area contributed by atoms with Gasteiger partial charge >= 0.3 is 0 Å². The fraction of sp³-hybridized carbons (Fsp3) is 0.333. The van der Waals surface area contributed by atoms with Crippen LogP contribution in [0.2, 0.25) is 0 Å². The summed E-state index contributed by atoms with van der Waals surface area (Å²) in [4.78, 5) is 13.5. The number of rotatable bonds is 3. The van der Waals surface area contributed by atoms with Crippen molar-refractivity contribution in [2.45, 2.75) is 13.3 Å². The third-order valence-electron chi connectivity index (χ3n) is 4.57. The minimum Gasteiger partial charge on any atom is -0.353 e. The van der Waals surface area contributed by atoms with E-state index in [2.05, 4.69) is 43.9 Å². The Balaban J connectivity index is 1.58. The van der Waals surface area contributed by atoms with E-state index in [1.165, 1.54) is 0 Å². The predicted octanol–water partition coefficient (Wildman–Crippen LogP) is 1.88. The Morgan fingerprint density at radius 2 is 1.92 bits per heavy atom. The van der Waals surface area contributed by atoms with Gasteiger partial charge in [-0.1, -0.05) is 6.92 Å². The lowest BCUT2D eigenvalue weighted by atomic mass is 10.2. The average Bonchev–Trinajstić information content (AvgIpc) is 3.16. The lowest BCUT2D eigenvalue weighted by Crippen LogP contribution is -2.47. The fourth-order valence-electron chi connectivity index (χ4n) is 3.24. The lowest BCUT2D eigenvalue weighted by molar-refractivity contribution is 0.632. The maximum Gasteiger partial charge on any atom is 0.157 e. The first-order chi connectivity index (χ1) is 12.3. The molecule has 1 aliphatic heterocycles. The number of aryl methyl sites for hydroxylation is 1. The van der Waals surface area contributed by atoms with Gasteiger partial charge in [-0.05, 0) is 18.6 Å². The number of nitrogens with zero attached hydrogens (tertiary/aromatic N) is 7. The molecule has 4 rings (SSSR count). The first-order valence-corrected chi connectivity index (χ1v) is 8.49. The third kappa shape index (κ3) is 2.76. The number of piperazine rings is 1. The predicted molar refractivity (Wildman–Crippen MR) is 95.7 cm³/mol. The molecule has 0 unspecified atom stereocenters. The van der Waals surface area contributed by atoms with E-state index in [9.17, 15) is 5.26 Å². The van der Waals surface area contributed by atoms with Crippen LogP contribution >= 0.6 is 0 Å². The van der Waals surface area contributed by atoms with Crippen LogP contribution in [0.1, 0.15) is 18.2 Å². The summed E-state index contributed by atoms with van der Waals surface area (Å²) in [5.74, 6) is 1.85. The minimum atomic E-state index is 0.627. The van der Waals surface area contributed by atoms with Crippen LogP contribution in [0.4, 0.5) is 11.6 Å². The minimum absolute atomic E-state index is 0.627. The van der Waals surface area contributed by atoms with Crippen molar-refractivity contribution >= 4 is 17.3 Å². The molecule has 0 atom stereocenters. The summed E-state index contributed by atoms with van der Waals surface area (Å²) < 4.78 is 1.90. The van der Waals surface area contributed by atoms with Crippen molar-refractivity contribution in [1.29, 1.82) is 5.26 Å². The summed E-state index contributed by atoms with van der Waals surface area (Å²) in [5, 5.41) is 13.7. The number of aromatic nitrogens is 4. The van der Waals surface area contributed by atoms with Crippen LogP contribution in [-0.2, 0) is 6.42 Å². The van der Waals surface area contributed by atoms with Crippen LogP contribution in [0.25, 0.3) is 5.65 Å². The van der Waals surface area contributed by atoms with Crippen LogP contribution in [0.5, 0.6) is 0 Å². The second-order valence-corrected chi connectivity index (χ2v) is 6.02. The van der Waals surface area contributed by atoms with Gasteiger partial charge in [0.05, 0.1) is 11.8 Å². The van der Waals surface area contributed by atoms with E-state index in [1.54, 1.807) is 18.5 Å². The van der Waals surface area contributed by atoms with Gasteiger partial charge in [0.15, 0.2) is 5.65 Å². The van der Waals surface area contributed by atoms with Gasteiger partial charge in [0.25, 0.3) is 0 Å². The zero-order chi connectivity index (χ0) is 17.2. The second-order valence-electron chi connectivity index (χ2n) is 6.02. The summed E-state index contributed by atoms with van der Waals surface area (Å²) in [7, 11) is 0. The summed E-state index contributed by atoms with van der Waals surface area (Å²) in [5.41, 5.74) is 2.58. The smallest absolute Gasteiger partial charge is 0.157 e. The van der Waals surface area contributed by atoms with Gasteiger partial charge in [0.1, 0.15) is 17.7 Å². The molecular weight excluding hydrogens is 314 g/mol. The fourth-order valence-corrected chi connectivity index (χ4v) is 3.24. The molecule has 0 saturated carbocycles. The molecule has 0 radical (unpaired) electrons. The van der Waals surface area contributed by atoms with E-state index in [1.807, 2.05) is 16.6 Å². The maximum atomic E-state index is 9.29. The summed E-state index contributed by atoms with van der Waals surface area (Å²) in [6.07, 6.45) is 4.43. The molecule has 4 heterocycles. The highest BCUT2D eigenvalue weighted by Gasteiger charge is 2.22. The topological polar surface area (TPSA) is 73.3 Å². The highest BCUT2D eigenvalue weighted by atomic mass is 15.4. The van der Waals surface area contributed by atoms with Gasteiger partial charge in [0.2, 0.25) is 0 Å². The standard InChI is InChI=1S/C18H19N7/c1-2-15-12-17(25-16(22-15)5-7-21-25)23-8-10-24(11-9-23)18-14(13-19)4-3-6-20-18/h3-7,12H,2,8-11H2,1H3. The van der Waals surface area contributed by atoms with Crippen LogP contribution in [-0.4, -0.2) is 45.8 Å². The molecule has 7 nitrogen and oxygen atoms in total. The number of nitriles is 1. The average molecular weight is 333 g/mol. The van der Waals surface area contributed by atoms with Gasteiger partial charge < -0.3 is 9.80 Å². The molecule has 0 aliphatic carbocycles. The Hall–Kier alpha value is -3.14. The summed E-state index contributed by atoms with van der Waals surface area (Å²) in [6, 6.07) is 9.91. The Morgan fingerprint density at radius 1 is 1.12 bits per heavy atom. The maximum absolute atomic E-state index is 9.29. The molecule has 1 fully saturated rings. The molecule has 1 saturated heterocycles. The molecule has 0 aromatic carbocycles. The molecule has 1 aliphatic rings. The van der Waals surface area contributed by atoms with Gasteiger partial charge in [-0.25, -0.2) is 9.97 Å². The van der Waals surface area contributed by atoms with Crippen LogP contribution in [0.15, 0.2) is 36.7 Å². The Kier molecular flexibility index (Phi) is 3.94. The zero-order valence-electron chi connectivity index (χ0n) is 14.1. The number of hydrogen-bond acceptors (Lipinski definition) is 6. The molecule has 0 amide bonds. The zero-order valence-corrected chi connectivity index (χ0v) is 14.1. The van der Waals surface area contributed by atoms with E-state index < -0.39 is 0 Å². The van der Waals surface area contributed by atoms with Crippen molar-refractivity contribution in [2.75, 3.05) is 36.0 Å². The van der Waals surface area contributed by atoms with E-state index in [-0.39, 0.29) is 0 Å². The number of hydrogen-bond donors (Lipinski definition) is 0. The molecule has 3 aromatic rings. The van der Waals surface area contributed by atoms with Crippen molar-refractivity contribution in [3.8, 4) is 6.07 Å². The monoisotopic (exact) mass is 333 g/mol. The van der Waals surface area contributed by atoms with Gasteiger partial charge in [0, 0.05) is 50.2 Å². The first kappa shape index (κ1) is 15.4. The van der Waals surface area contributed by atoms with Crippen molar-refractivity contribution in [3.63, 3.8) is 0 Å². The lowest BCUT2D eigenvalue weighted by Gasteiger charge is -2.36. The Labute approximate surface area is 146 Å². The van der Waals surface area contributed by atoms with Crippen LogP contribution in [0, 0.1) is 11.3 Å². The molecule has 25 heavy (non-hydrogen) atoms. The largest absolute Gasteiger partial charge is 0.353 e. The van der Waals surface area contributed by atoms with E-state index in [0.717, 1.165) is 55.6 Å². The molecular formula is C18H19N7. The molecule has 0 bridgehead atoms. The molecule has 3 aromatic heterocycles. The summed E-state index contributed by atoms with van der Waals surface area (Å²) >= 11 is 0. The Bertz CT molecular complexity index is 932. The van der Waals surface area contributed by atoms with E-state index in [0.29, 0.717) is 5.56 Å². The van der Waals surface area contributed by atoms with Gasteiger partial charge in [-0.15, -0.1) is 0 Å². The molecule has 126 valence electrons. The SMILES string of the molecule is CCc1cc(N2CCN(c3ncccc3C#N)CC2)n2nccc2n1. The molecule has 0 spiro atoms. The quantitative estimate of drug-likeness (QED) is 0.729. The molecule has 0 N–H and O–H groups in total. The summed E-state index contributed by atoms with van der Waals surface area (Å²) in [6.45, 7) is 5.45. The van der Waals surface area contributed by atoms with Crippen LogP contribution < -0.4 is 9.80 Å². The normalized spacial score (nSPS) is 14.7. The van der Waals surface area contributed by atoms with Crippen molar-refractivity contribution < 1.29 is 0 Å². The van der Waals surface area contributed by atoms with Crippen molar-refractivity contribution in [3.05, 3.63) is 47.9 Å². The third-order valence-corrected chi connectivity index (χ3v) is 4.57. The van der Waals surface area contributed by atoms with Gasteiger partial charge in [-0.2, -0.15) is 14.9 Å². The Morgan fingerprint density at radius 3 is 2.68 bits per heavy atom. The van der Waals surface area contributed by atoms with Crippen molar-refractivity contribution in [2.24, 2.45) is 0 Å². The highest BCUT2D eigenvalue weighted by Crippen LogP contribution is 2.22. The highest BCUT2D eigenvalue weighted by molar-refractivity contribution is 5.56. The first-order valence-electron chi connectivity index (χ1n) is 8.49. The van der Waals surface area contributed by atoms with Crippen LogP contribution in [0.3, 0.4) is 0 Å². The second kappa shape index (κ2) is 6.40. The molecule has 7 heteroatoms. The van der Waals surface area contributed by atoms with E-state index in [4.69, 9.17) is 0 Å². The van der Waals surface area contributed by atoms with E-state index >= 15 is 0 Å². The number of fused-ring (bicyclic) bond motifs is 1. The van der Waals surface area contributed by atoms with Crippen molar-refractivity contribution in [1.82, 2.24) is 19.6 Å². The number of anilines is 2. The number of pyridine rings is 1.